The molecule has 0 aliphatic rings. The van der Waals surface area contributed by atoms with Crippen LogP contribution in [0.2, 0.25) is 0 Å². The molecule has 1 unspecified atom stereocenters. The summed E-state index contributed by atoms with van der Waals surface area (Å²) in [6.07, 6.45) is 1.01. The Labute approximate surface area is 132 Å². The van der Waals surface area contributed by atoms with Gasteiger partial charge in [0.15, 0.2) is 0 Å². The molecule has 0 bridgehead atoms. The van der Waals surface area contributed by atoms with E-state index in [9.17, 15) is 5.11 Å². The van der Waals surface area contributed by atoms with Gasteiger partial charge in [0.1, 0.15) is 6.10 Å². The first kappa shape index (κ1) is 15.2. The maximum Gasteiger partial charge on any atom is 0.131 e. The van der Waals surface area contributed by atoms with Crippen LogP contribution in [0.15, 0.2) is 21.2 Å². The third-order valence-electron chi connectivity index (χ3n) is 2.75. The summed E-state index contributed by atoms with van der Waals surface area (Å²) in [7, 11) is 1.65. The van der Waals surface area contributed by atoms with Crippen LogP contribution in [0.1, 0.15) is 21.6 Å². The Bertz CT molecular complexity index is 549. The SMILES string of the molecule is COCCn1ncc(Br)c1C(O)c1cc(Br)c(C)s1. The standard InChI is InChI=1S/C12H14Br2N2O2S/c1-7-8(13)5-10(19-7)12(17)11-9(14)6-15-16(11)3-4-18-2/h5-6,12,17H,3-4H2,1-2H3. The van der Waals surface area contributed by atoms with Crippen LogP contribution >= 0.6 is 43.2 Å². The number of thiophene rings is 1. The van der Waals surface area contributed by atoms with Gasteiger partial charge in [0.05, 0.1) is 29.5 Å². The first-order valence-corrected chi connectivity index (χ1v) is 8.09. The van der Waals surface area contributed by atoms with E-state index in [1.165, 1.54) is 0 Å². The number of hydrogen-bond donors (Lipinski definition) is 1. The van der Waals surface area contributed by atoms with Crippen molar-refractivity contribution >= 4 is 43.2 Å². The Kier molecular flexibility index (Phi) is 5.19. The third kappa shape index (κ3) is 3.28. The van der Waals surface area contributed by atoms with E-state index in [2.05, 4.69) is 37.0 Å². The first-order valence-electron chi connectivity index (χ1n) is 5.68. The molecule has 104 valence electrons. The first-order chi connectivity index (χ1) is 9.04. The van der Waals surface area contributed by atoms with Gasteiger partial charge < -0.3 is 9.84 Å². The predicted octanol–water partition coefficient (Wildman–Crippen LogP) is 3.51. The zero-order valence-electron chi connectivity index (χ0n) is 10.6. The minimum absolute atomic E-state index is 0.557. The van der Waals surface area contributed by atoms with E-state index in [0.29, 0.717) is 13.2 Å². The number of halogens is 2. The zero-order chi connectivity index (χ0) is 14.0. The Balaban J connectivity index is 2.32. The van der Waals surface area contributed by atoms with Crippen molar-refractivity contribution in [2.75, 3.05) is 13.7 Å². The second-order valence-electron chi connectivity index (χ2n) is 4.05. The van der Waals surface area contributed by atoms with E-state index < -0.39 is 6.10 Å². The second kappa shape index (κ2) is 6.49. The fraction of sp³-hybridized carbons (Fsp3) is 0.417. The molecule has 0 saturated heterocycles. The normalized spacial score (nSPS) is 12.9. The van der Waals surface area contributed by atoms with E-state index >= 15 is 0 Å². The Morgan fingerprint density at radius 1 is 1.47 bits per heavy atom. The summed E-state index contributed by atoms with van der Waals surface area (Å²) >= 11 is 8.48. The van der Waals surface area contributed by atoms with Crippen molar-refractivity contribution in [1.29, 1.82) is 0 Å². The highest BCUT2D eigenvalue weighted by Crippen LogP contribution is 2.36. The lowest BCUT2D eigenvalue weighted by atomic mass is 10.2. The Morgan fingerprint density at radius 2 is 2.21 bits per heavy atom. The fourth-order valence-electron chi connectivity index (χ4n) is 1.75. The van der Waals surface area contributed by atoms with Crippen molar-refractivity contribution in [2.45, 2.75) is 19.6 Å². The number of aromatic nitrogens is 2. The van der Waals surface area contributed by atoms with Crippen molar-refractivity contribution in [3.63, 3.8) is 0 Å². The fourth-order valence-corrected chi connectivity index (χ4v) is 3.81. The number of hydrogen-bond acceptors (Lipinski definition) is 4. The van der Waals surface area contributed by atoms with Gasteiger partial charge in [-0.1, -0.05) is 0 Å². The molecule has 0 aliphatic carbocycles. The van der Waals surface area contributed by atoms with Crippen LogP contribution in [0.25, 0.3) is 0 Å². The molecule has 7 heteroatoms. The zero-order valence-corrected chi connectivity index (χ0v) is 14.5. The summed E-state index contributed by atoms with van der Waals surface area (Å²) in [4.78, 5) is 2.04. The van der Waals surface area contributed by atoms with Crippen molar-refractivity contribution < 1.29 is 9.84 Å². The minimum Gasteiger partial charge on any atom is -0.383 e. The highest BCUT2D eigenvalue weighted by Gasteiger charge is 2.21. The number of rotatable bonds is 5. The molecule has 0 aromatic carbocycles. The van der Waals surface area contributed by atoms with E-state index in [1.807, 2.05) is 13.0 Å². The highest BCUT2D eigenvalue weighted by atomic mass is 79.9. The third-order valence-corrected chi connectivity index (χ3v) is 5.55. The summed E-state index contributed by atoms with van der Waals surface area (Å²) in [5.74, 6) is 0. The summed E-state index contributed by atoms with van der Waals surface area (Å²) in [6.45, 7) is 3.18. The summed E-state index contributed by atoms with van der Waals surface area (Å²) < 4.78 is 8.64. The lowest BCUT2D eigenvalue weighted by Crippen LogP contribution is -2.13. The molecule has 2 heterocycles. The van der Waals surface area contributed by atoms with Gasteiger partial charge in [0.2, 0.25) is 0 Å². The average molecular weight is 410 g/mol. The van der Waals surface area contributed by atoms with E-state index in [1.54, 1.807) is 29.3 Å². The lowest BCUT2D eigenvalue weighted by molar-refractivity contribution is 0.172. The van der Waals surface area contributed by atoms with Gasteiger partial charge in [-0.05, 0) is 44.8 Å². The molecule has 19 heavy (non-hydrogen) atoms. The molecule has 0 saturated carbocycles. The highest BCUT2D eigenvalue weighted by molar-refractivity contribution is 9.10. The van der Waals surface area contributed by atoms with Gasteiger partial charge >= 0.3 is 0 Å². The van der Waals surface area contributed by atoms with Crippen molar-refractivity contribution in [3.8, 4) is 0 Å². The summed E-state index contributed by atoms with van der Waals surface area (Å²) in [5, 5.41) is 14.8. The van der Waals surface area contributed by atoms with Crippen LogP contribution < -0.4 is 0 Å². The van der Waals surface area contributed by atoms with E-state index in [4.69, 9.17) is 4.74 Å². The second-order valence-corrected chi connectivity index (χ2v) is 7.05. The molecule has 0 amide bonds. The number of ether oxygens (including phenoxy) is 1. The molecule has 2 rings (SSSR count). The predicted molar refractivity (Wildman–Crippen MR) is 82.6 cm³/mol. The molecule has 1 atom stereocenters. The number of aryl methyl sites for hydroxylation is 1. The number of aliphatic hydroxyl groups excluding tert-OH is 1. The van der Waals surface area contributed by atoms with Crippen LogP contribution in [-0.2, 0) is 11.3 Å². The number of nitrogens with zero attached hydrogens (tertiary/aromatic N) is 2. The molecular formula is C12H14Br2N2O2S. The molecule has 0 aliphatic heterocycles. The van der Waals surface area contributed by atoms with Crippen LogP contribution in [0, 0.1) is 6.92 Å². The van der Waals surface area contributed by atoms with Crippen LogP contribution in [-0.4, -0.2) is 28.6 Å². The monoisotopic (exact) mass is 408 g/mol. The molecular weight excluding hydrogens is 396 g/mol. The Morgan fingerprint density at radius 3 is 2.79 bits per heavy atom. The molecule has 4 nitrogen and oxygen atoms in total. The summed E-state index contributed by atoms with van der Waals surface area (Å²) in [6, 6.07) is 1.95. The van der Waals surface area contributed by atoms with E-state index in [0.717, 1.165) is 24.4 Å². The average Bonchev–Trinajstić information content (AvgIpc) is 2.90. The number of aliphatic hydroxyl groups is 1. The Hall–Kier alpha value is -0.210. The maximum atomic E-state index is 10.5. The van der Waals surface area contributed by atoms with Gasteiger partial charge in [-0.15, -0.1) is 11.3 Å². The van der Waals surface area contributed by atoms with Crippen molar-refractivity contribution in [2.24, 2.45) is 0 Å². The van der Waals surface area contributed by atoms with Crippen LogP contribution in [0.5, 0.6) is 0 Å². The van der Waals surface area contributed by atoms with Gasteiger partial charge in [-0.25, -0.2) is 0 Å². The van der Waals surface area contributed by atoms with Gasteiger partial charge in [0.25, 0.3) is 0 Å². The lowest BCUT2D eigenvalue weighted by Gasteiger charge is -2.12. The smallest absolute Gasteiger partial charge is 0.131 e. The largest absolute Gasteiger partial charge is 0.383 e. The van der Waals surface area contributed by atoms with Crippen LogP contribution in [0.3, 0.4) is 0 Å². The molecule has 0 spiro atoms. The summed E-state index contributed by atoms with van der Waals surface area (Å²) in [5.41, 5.74) is 0.755. The molecule has 0 fully saturated rings. The quantitative estimate of drug-likeness (QED) is 0.821. The van der Waals surface area contributed by atoms with Gasteiger partial charge in [-0.2, -0.15) is 5.10 Å². The van der Waals surface area contributed by atoms with E-state index in [-0.39, 0.29) is 0 Å². The molecule has 2 aromatic heterocycles. The molecule has 2 aromatic rings. The van der Waals surface area contributed by atoms with Gasteiger partial charge in [0, 0.05) is 21.3 Å². The topological polar surface area (TPSA) is 47.3 Å². The minimum atomic E-state index is -0.691. The van der Waals surface area contributed by atoms with Crippen LogP contribution in [0.4, 0.5) is 0 Å². The van der Waals surface area contributed by atoms with Gasteiger partial charge in [-0.3, -0.25) is 4.68 Å². The van der Waals surface area contributed by atoms with Crippen molar-refractivity contribution in [3.05, 3.63) is 36.7 Å². The molecule has 1 N–H and O–H groups in total. The molecule has 0 radical (unpaired) electrons. The van der Waals surface area contributed by atoms with Crippen molar-refractivity contribution in [1.82, 2.24) is 9.78 Å². The maximum absolute atomic E-state index is 10.5. The number of methoxy groups -OCH3 is 1.